The smallest absolute Gasteiger partial charge is 0.289 e. The van der Waals surface area contributed by atoms with Gasteiger partial charge < -0.3 is 20.0 Å². The maximum atomic E-state index is 12.4. The van der Waals surface area contributed by atoms with Gasteiger partial charge in [0.15, 0.2) is 11.4 Å². The van der Waals surface area contributed by atoms with Crippen molar-refractivity contribution in [3.05, 3.63) is 41.5 Å². The average Bonchev–Trinajstić information content (AvgIpc) is 3.15. The number of nitrogens with two attached hydrogens (primary N) is 1. The number of amides is 1. The second-order valence-electron chi connectivity index (χ2n) is 6.44. The quantitative estimate of drug-likeness (QED) is 0.750. The molecule has 0 bridgehead atoms. The van der Waals surface area contributed by atoms with Crippen LogP contribution in [0.4, 0.5) is 11.8 Å². The summed E-state index contributed by atoms with van der Waals surface area (Å²) < 4.78 is 5.19. The van der Waals surface area contributed by atoms with Crippen LogP contribution < -0.4 is 10.6 Å². The number of pyridine rings is 1. The number of carbonyl (C=O) groups excluding carboxylic acids is 1. The first kappa shape index (κ1) is 16.3. The van der Waals surface area contributed by atoms with Gasteiger partial charge in [-0.1, -0.05) is 0 Å². The fourth-order valence-corrected chi connectivity index (χ4v) is 3.30. The van der Waals surface area contributed by atoms with Crippen molar-refractivity contribution in [2.75, 3.05) is 36.8 Å². The number of nitrogen functional groups attached to an aromatic ring is 1. The van der Waals surface area contributed by atoms with E-state index in [0.29, 0.717) is 49.4 Å². The number of aromatic nitrogens is 3. The van der Waals surface area contributed by atoms with Crippen LogP contribution in [0.3, 0.4) is 0 Å². The largest absolute Gasteiger partial charge is 0.459 e. The Hall–Kier alpha value is -3.16. The van der Waals surface area contributed by atoms with Crippen molar-refractivity contribution >= 4 is 28.7 Å². The van der Waals surface area contributed by atoms with Gasteiger partial charge in [0.25, 0.3) is 5.91 Å². The third kappa shape index (κ3) is 2.83. The summed E-state index contributed by atoms with van der Waals surface area (Å²) in [6.45, 7) is 6.31. The van der Waals surface area contributed by atoms with Gasteiger partial charge in [-0.15, -0.1) is 0 Å². The molecule has 4 heterocycles. The number of piperazine rings is 1. The molecule has 1 fully saturated rings. The highest BCUT2D eigenvalue weighted by Crippen LogP contribution is 2.24. The Morgan fingerprint density at radius 3 is 2.62 bits per heavy atom. The highest BCUT2D eigenvalue weighted by Gasteiger charge is 2.25. The van der Waals surface area contributed by atoms with Crippen LogP contribution in [0.15, 0.2) is 28.9 Å². The summed E-state index contributed by atoms with van der Waals surface area (Å²) >= 11 is 0. The third-order valence-electron chi connectivity index (χ3n) is 4.59. The van der Waals surface area contributed by atoms with Crippen molar-refractivity contribution in [2.45, 2.75) is 13.8 Å². The van der Waals surface area contributed by atoms with E-state index in [1.807, 2.05) is 24.8 Å². The van der Waals surface area contributed by atoms with Gasteiger partial charge in [0.05, 0.1) is 11.6 Å². The van der Waals surface area contributed by atoms with Gasteiger partial charge in [0, 0.05) is 31.9 Å². The maximum Gasteiger partial charge on any atom is 0.289 e. The third-order valence-corrected chi connectivity index (χ3v) is 4.59. The molecule has 1 aliphatic rings. The van der Waals surface area contributed by atoms with Crippen molar-refractivity contribution in [3.63, 3.8) is 0 Å². The van der Waals surface area contributed by atoms with Crippen molar-refractivity contribution < 1.29 is 9.21 Å². The first-order valence-corrected chi connectivity index (χ1v) is 8.52. The summed E-state index contributed by atoms with van der Waals surface area (Å²) in [4.78, 5) is 29.7. The number of rotatable bonds is 2. The summed E-state index contributed by atoms with van der Waals surface area (Å²) in [6.07, 6.45) is 1.51. The fraction of sp³-hybridized carbons (Fsp3) is 0.333. The lowest BCUT2D eigenvalue weighted by molar-refractivity contribution is 0.0714. The number of aryl methyl sites for hydroxylation is 2. The number of hydrogen-bond acceptors (Lipinski definition) is 7. The molecular formula is C18H20N6O2. The van der Waals surface area contributed by atoms with E-state index in [9.17, 15) is 4.79 Å². The van der Waals surface area contributed by atoms with E-state index < -0.39 is 0 Å². The molecule has 134 valence electrons. The van der Waals surface area contributed by atoms with Crippen molar-refractivity contribution in [2.24, 2.45) is 0 Å². The normalized spacial score (nSPS) is 14.8. The van der Waals surface area contributed by atoms with Gasteiger partial charge in [0.2, 0.25) is 5.95 Å². The lowest BCUT2D eigenvalue weighted by Gasteiger charge is -2.34. The van der Waals surface area contributed by atoms with E-state index in [4.69, 9.17) is 10.2 Å². The van der Waals surface area contributed by atoms with E-state index >= 15 is 0 Å². The number of hydrogen-bond donors (Lipinski definition) is 1. The van der Waals surface area contributed by atoms with Gasteiger partial charge in [-0.2, -0.15) is 9.97 Å². The Balaban J connectivity index is 1.55. The van der Waals surface area contributed by atoms with E-state index in [-0.39, 0.29) is 5.91 Å². The molecule has 1 aliphatic heterocycles. The molecule has 0 radical (unpaired) electrons. The standard InChI is InChI=1S/C18H20N6O2/c1-11-10-12(2)20-16-14(11)15(19)21-18(22-16)24-7-5-23(6-8-24)17(25)13-4-3-9-26-13/h3-4,9-10H,5-8H2,1-2H3,(H2,19,20,21,22). The van der Waals surface area contributed by atoms with Gasteiger partial charge >= 0.3 is 0 Å². The van der Waals surface area contributed by atoms with Crippen LogP contribution in [0.5, 0.6) is 0 Å². The van der Waals surface area contributed by atoms with E-state index in [1.165, 1.54) is 6.26 Å². The van der Waals surface area contributed by atoms with Crippen LogP contribution in [-0.2, 0) is 0 Å². The van der Waals surface area contributed by atoms with E-state index in [2.05, 4.69) is 15.0 Å². The first-order valence-electron chi connectivity index (χ1n) is 8.52. The minimum Gasteiger partial charge on any atom is -0.459 e. The van der Waals surface area contributed by atoms with Crippen LogP contribution in [0, 0.1) is 13.8 Å². The molecule has 0 aliphatic carbocycles. The predicted octanol–water partition coefficient (Wildman–Crippen LogP) is 1.78. The minimum atomic E-state index is -0.0958. The molecule has 3 aromatic heterocycles. The zero-order valence-corrected chi connectivity index (χ0v) is 14.8. The molecule has 26 heavy (non-hydrogen) atoms. The fourth-order valence-electron chi connectivity index (χ4n) is 3.30. The van der Waals surface area contributed by atoms with E-state index in [0.717, 1.165) is 16.6 Å². The number of nitrogens with zero attached hydrogens (tertiary/aromatic N) is 5. The molecule has 1 amide bonds. The Kier molecular flexibility index (Phi) is 3.95. The number of furan rings is 1. The summed E-state index contributed by atoms with van der Waals surface area (Å²) in [5.41, 5.74) is 8.68. The molecule has 4 rings (SSSR count). The molecule has 0 aromatic carbocycles. The van der Waals surface area contributed by atoms with Crippen molar-refractivity contribution in [1.29, 1.82) is 0 Å². The Morgan fingerprint density at radius 2 is 1.92 bits per heavy atom. The van der Waals surface area contributed by atoms with Gasteiger partial charge in [-0.25, -0.2) is 4.98 Å². The van der Waals surface area contributed by atoms with Gasteiger partial charge in [-0.05, 0) is 37.6 Å². The molecule has 0 unspecified atom stereocenters. The SMILES string of the molecule is Cc1cc(C)c2c(N)nc(N3CCN(C(=O)c4ccco4)CC3)nc2n1. The minimum absolute atomic E-state index is 0.0958. The number of fused-ring (bicyclic) bond motifs is 1. The van der Waals surface area contributed by atoms with Crippen LogP contribution >= 0.6 is 0 Å². The van der Waals surface area contributed by atoms with Crippen LogP contribution in [-0.4, -0.2) is 51.9 Å². The van der Waals surface area contributed by atoms with Gasteiger partial charge in [0.1, 0.15) is 5.82 Å². The monoisotopic (exact) mass is 352 g/mol. The summed E-state index contributed by atoms with van der Waals surface area (Å²) in [6, 6.07) is 5.37. The van der Waals surface area contributed by atoms with Crippen LogP contribution in [0.1, 0.15) is 21.8 Å². The molecule has 1 saturated heterocycles. The molecule has 0 saturated carbocycles. The number of anilines is 2. The van der Waals surface area contributed by atoms with Crippen molar-refractivity contribution in [1.82, 2.24) is 19.9 Å². The number of carbonyl (C=O) groups is 1. The molecular weight excluding hydrogens is 332 g/mol. The van der Waals surface area contributed by atoms with Crippen LogP contribution in [0.2, 0.25) is 0 Å². The first-order chi connectivity index (χ1) is 12.5. The summed E-state index contributed by atoms with van der Waals surface area (Å²) in [5.74, 6) is 1.25. The highest BCUT2D eigenvalue weighted by molar-refractivity contribution is 5.92. The van der Waals surface area contributed by atoms with Gasteiger partial charge in [-0.3, -0.25) is 4.79 Å². The molecule has 3 aromatic rings. The second kappa shape index (κ2) is 6.29. The lowest BCUT2D eigenvalue weighted by Crippen LogP contribution is -2.49. The molecule has 0 spiro atoms. The van der Waals surface area contributed by atoms with E-state index in [1.54, 1.807) is 17.0 Å². The maximum absolute atomic E-state index is 12.4. The summed E-state index contributed by atoms with van der Waals surface area (Å²) in [5, 5.41) is 0.797. The molecule has 8 nitrogen and oxygen atoms in total. The average molecular weight is 352 g/mol. The van der Waals surface area contributed by atoms with Crippen LogP contribution in [0.25, 0.3) is 11.0 Å². The topological polar surface area (TPSA) is 101 Å². The predicted molar refractivity (Wildman–Crippen MR) is 98.0 cm³/mol. The Morgan fingerprint density at radius 1 is 1.15 bits per heavy atom. The molecule has 2 N–H and O–H groups in total. The molecule has 0 atom stereocenters. The molecule has 8 heteroatoms. The zero-order chi connectivity index (χ0) is 18.3. The lowest BCUT2D eigenvalue weighted by atomic mass is 10.1. The van der Waals surface area contributed by atoms with Crippen molar-refractivity contribution in [3.8, 4) is 0 Å². The summed E-state index contributed by atoms with van der Waals surface area (Å²) in [7, 11) is 0. The second-order valence-corrected chi connectivity index (χ2v) is 6.44. The highest BCUT2D eigenvalue weighted by atomic mass is 16.3. The Bertz CT molecular complexity index is 961. The Labute approximate surface area is 150 Å². The zero-order valence-electron chi connectivity index (χ0n) is 14.8.